The Labute approximate surface area is 91.3 Å². The van der Waals surface area contributed by atoms with Crippen LogP contribution in [0.25, 0.3) is 6.08 Å². The van der Waals surface area contributed by atoms with Gasteiger partial charge in [0.15, 0.2) is 0 Å². The van der Waals surface area contributed by atoms with E-state index in [1.54, 1.807) is 19.1 Å². The highest BCUT2D eigenvalue weighted by Gasteiger charge is 2.09. The van der Waals surface area contributed by atoms with Crippen LogP contribution in [0.15, 0.2) is 24.3 Å². The van der Waals surface area contributed by atoms with Gasteiger partial charge in [-0.2, -0.15) is 0 Å². The van der Waals surface area contributed by atoms with Gasteiger partial charge in [0.1, 0.15) is 0 Å². The minimum Gasteiger partial charge on any atom is -0.276 e. The molecule has 0 fully saturated rings. The van der Waals surface area contributed by atoms with Crippen molar-refractivity contribution in [2.24, 2.45) is 0 Å². The highest BCUT2D eigenvalue weighted by molar-refractivity contribution is 6.66. The molecule has 78 valence electrons. The number of benzene rings is 1. The van der Waals surface area contributed by atoms with E-state index in [0.29, 0.717) is 11.1 Å². The summed E-state index contributed by atoms with van der Waals surface area (Å²) >= 11 is 5.10. The number of nitrogens with zero attached hydrogens (tertiary/aromatic N) is 1. The number of allylic oxidation sites excluding steroid dienone is 1. The summed E-state index contributed by atoms with van der Waals surface area (Å²) in [6, 6.07) is 4.70. The summed E-state index contributed by atoms with van der Waals surface area (Å²) in [7, 11) is 0. The fourth-order valence-corrected chi connectivity index (χ4v) is 1.15. The lowest BCUT2D eigenvalue weighted by molar-refractivity contribution is -0.385. The van der Waals surface area contributed by atoms with Gasteiger partial charge in [0, 0.05) is 11.6 Å². The standard InChI is InChI=1S/C10H8ClNO3/c1-7-2-3-8(4-5-10(11)13)6-9(7)12(14)15/h2-6H,1H3/b5-4+. The van der Waals surface area contributed by atoms with Gasteiger partial charge >= 0.3 is 0 Å². The molecular formula is C10H8ClNO3. The number of nitro groups is 1. The van der Waals surface area contributed by atoms with Crippen LogP contribution in [0, 0.1) is 17.0 Å². The van der Waals surface area contributed by atoms with E-state index < -0.39 is 10.2 Å². The van der Waals surface area contributed by atoms with Gasteiger partial charge in [0.2, 0.25) is 5.24 Å². The minimum atomic E-state index is -0.613. The number of aryl methyl sites for hydroxylation is 1. The van der Waals surface area contributed by atoms with Crippen LogP contribution in [-0.2, 0) is 4.79 Å². The second-order valence-electron chi connectivity index (χ2n) is 2.94. The number of halogens is 1. The minimum absolute atomic E-state index is 0.0270. The predicted molar refractivity (Wildman–Crippen MR) is 57.7 cm³/mol. The van der Waals surface area contributed by atoms with Gasteiger partial charge in [0.05, 0.1) is 4.92 Å². The maximum Gasteiger partial charge on any atom is 0.272 e. The topological polar surface area (TPSA) is 60.2 Å². The highest BCUT2D eigenvalue weighted by Crippen LogP contribution is 2.19. The summed E-state index contributed by atoms with van der Waals surface area (Å²) in [6.07, 6.45) is 2.58. The first-order chi connectivity index (χ1) is 7.00. The second-order valence-corrected chi connectivity index (χ2v) is 3.31. The van der Waals surface area contributed by atoms with E-state index in [4.69, 9.17) is 11.6 Å². The zero-order chi connectivity index (χ0) is 11.4. The molecule has 5 heteroatoms. The number of carbonyl (C=O) groups is 1. The molecule has 0 aliphatic heterocycles. The number of hydrogen-bond acceptors (Lipinski definition) is 3. The van der Waals surface area contributed by atoms with E-state index in [0.717, 1.165) is 6.08 Å². The molecule has 0 unspecified atom stereocenters. The first kappa shape index (κ1) is 11.4. The van der Waals surface area contributed by atoms with Crippen molar-refractivity contribution in [3.05, 3.63) is 45.5 Å². The third kappa shape index (κ3) is 3.18. The van der Waals surface area contributed by atoms with E-state index in [2.05, 4.69) is 0 Å². The SMILES string of the molecule is Cc1ccc(/C=C/C(=O)Cl)cc1[N+](=O)[O-]. The monoisotopic (exact) mass is 225 g/mol. The maximum atomic E-state index is 10.6. The van der Waals surface area contributed by atoms with E-state index in [1.807, 2.05) is 0 Å². The third-order valence-electron chi connectivity index (χ3n) is 1.84. The quantitative estimate of drug-likeness (QED) is 0.344. The van der Waals surface area contributed by atoms with E-state index in [9.17, 15) is 14.9 Å². The molecular weight excluding hydrogens is 218 g/mol. The molecule has 0 aliphatic rings. The summed E-state index contributed by atoms with van der Waals surface area (Å²) in [5.41, 5.74) is 1.18. The molecule has 0 N–H and O–H groups in total. The number of hydrogen-bond donors (Lipinski definition) is 0. The average molecular weight is 226 g/mol. The first-order valence-corrected chi connectivity index (χ1v) is 4.51. The van der Waals surface area contributed by atoms with Gasteiger partial charge in [-0.05, 0) is 36.2 Å². The van der Waals surface area contributed by atoms with Crippen LogP contribution in [0.1, 0.15) is 11.1 Å². The molecule has 1 aromatic carbocycles. The Bertz CT molecular complexity index is 440. The smallest absolute Gasteiger partial charge is 0.272 e. The molecule has 0 heterocycles. The molecule has 15 heavy (non-hydrogen) atoms. The lowest BCUT2D eigenvalue weighted by Crippen LogP contribution is -1.91. The molecule has 0 bridgehead atoms. The van der Waals surface area contributed by atoms with Crippen molar-refractivity contribution in [2.45, 2.75) is 6.92 Å². The third-order valence-corrected chi connectivity index (χ3v) is 1.96. The lowest BCUT2D eigenvalue weighted by atomic mass is 10.1. The van der Waals surface area contributed by atoms with Gasteiger partial charge in [-0.25, -0.2) is 0 Å². The van der Waals surface area contributed by atoms with Crippen molar-refractivity contribution < 1.29 is 9.72 Å². The molecule has 4 nitrogen and oxygen atoms in total. The Kier molecular flexibility index (Phi) is 3.57. The van der Waals surface area contributed by atoms with Gasteiger partial charge in [-0.15, -0.1) is 0 Å². The number of nitro benzene ring substituents is 1. The predicted octanol–water partition coefficient (Wildman–Crippen LogP) is 2.68. The Hall–Kier alpha value is -1.68. The normalized spacial score (nSPS) is 10.5. The fraction of sp³-hybridized carbons (Fsp3) is 0.100. The molecule has 0 radical (unpaired) electrons. The molecule has 0 saturated carbocycles. The summed E-state index contributed by atoms with van der Waals surface area (Å²) in [4.78, 5) is 20.6. The van der Waals surface area contributed by atoms with Gasteiger partial charge < -0.3 is 0 Å². The second kappa shape index (κ2) is 4.70. The molecule has 0 saturated heterocycles. The average Bonchev–Trinajstić information content (AvgIpc) is 2.16. The Morgan fingerprint density at radius 2 is 2.20 bits per heavy atom. The largest absolute Gasteiger partial charge is 0.276 e. The summed E-state index contributed by atoms with van der Waals surface area (Å²) in [5.74, 6) is 0. The summed E-state index contributed by atoms with van der Waals surface area (Å²) in [5, 5.41) is 9.99. The molecule has 0 aromatic heterocycles. The van der Waals surface area contributed by atoms with E-state index in [1.165, 1.54) is 12.1 Å². The van der Waals surface area contributed by atoms with Crippen molar-refractivity contribution in [2.75, 3.05) is 0 Å². The zero-order valence-electron chi connectivity index (χ0n) is 7.94. The fourth-order valence-electron chi connectivity index (χ4n) is 1.09. The van der Waals surface area contributed by atoms with Crippen LogP contribution < -0.4 is 0 Å². The molecule has 1 aromatic rings. The highest BCUT2D eigenvalue weighted by atomic mass is 35.5. The van der Waals surface area contributed by atoms with Crippen molar-refractivity contribution in [3.63, 3.8) is 0 Å². The van der Waals surface area contributed by atoms with Gasteiger partial charge in [-0.1, -0.05) is 12.1 Å². The Morgan fingerprint density at radius 1 is 1.53 bits per heavy atom. The van der Waals surface area contributed by atoms with E-state index in [-0.39, 0.29) is 5.69 Å². The molecule has 0 atom stereocenters. The molecule has 0 aliphatic carbocycles. The van der Waals surface area contributed by atoms with Crippen LogP contribution in [0.5, 0.6) is 0 Å². The van der Waals surface area contributed by atoms with Crippen LogP contribution in [0.2, 0.25) is 0 Å². The van der Waals surface area contributed by atoms with Crippen molar-refractivity contribution in [3.8, 4) is 0 Å². The van der Waals surface area contributed by atoms with Crippen molar-refractivity contribution >= 4 is 28.6 Å². The van der Waals surface area contributed by atoms with Crippen LogP contribution >= 0.6 is 11.6 Å². The van der Waals surface area contributed by atoms with E-state index >= 15 is 0 Å². The lowest BCUT2D eigenvalue weighted by Gasteiger charge is -1.97. The summed E-state index contributed by atoms with van der Waals surface area (Å²) in [6.45, 7) is 1.65. The Balaban J connectivity index is 3.08. The van der Waals surface area contributed by atoms with Crippen LogP contribution in [-0.4, -0.2) is 10.2 Å². The van der Waals surface area contributed by atoms with Gasteiger partial charge in [-0.3, -0.25) is 14.9 Å². The van der Waals surface area contributed by atoms with Crippen LogP contribution in [0.4, 0.5) is 5.69 Å². The first-order valence-electron chi connectivity index (χ1n) is 4.13. The van der Waals surface area contributed by atoms with Crippen molar-refractivity contribution in [1.29, 1.82) is 0 Å². The zero-order valence-corrected chi connectivity index (χ0v) is 8.69. The Morgan fingerprint density at radius 3 is 2.73 bits per heavy atom. The molecule has 1 rings (SSSR count). The van der Waals surface area contributed by atoms with Crippen molar-refractivity contribution in [1.82, 2.24) is 0 Å². The molecule has 0 spiro atoms. The number of carbonyl (C=O) groups excluding carboxylic acids is 1. The summed E-state index contributed by atoms with van der Waals surface area (Å²) < 4.78 is 0. The van der Waals surface area contributed by atoms with Crippen LogP contribution in [0.3, 0.4) is 0 Å². The molecule has 0 amide bonds. The maximum absolute atomic E-state index is 10.6. The van der Waals surface area contributed by atoms with Gasteiger partial charge in [0.25, 0.3) is 5.69 Å². The number of rotatable bonds is 3.